The zero-order valence-electron chi connectivity index (χ0n) is 10.3. The molecule has 0 fully saturated rings. The molecule has 0 radical (unpaired) electrons. The number of benzene rings is 1. The molecule has 0 saturated carbocycles. The zero-order chi connectivity index (χ0) is 11.8. The molecule has 0 aliphatic heterocycles. The van der Waals surface area contributed by atoms with Crippen molar-refractivity contribution in [1.29, 1.82) is 0 Å². The van der Waals surface area contributed by atoms with Crippen molar-refractivity contribution in [3.8, 4) is 12.3 Å². The van der Waals surface area contributed by atoms with Crippen LogP contribution in [0, 0.1) is 12.3 Å². The van der Waals surface area contributed by atoms with E-state index in [-0.39, 0.29) is 0 Å². The van der Waals surface area contributed by atoms with Crippen molar-refractivity contribution in [3.05, 3.63) is 35.9 Å². The summed E-state index contributed by atoms with van der Waals surface area (Å²) in [5.74, 6) is 2.72. The van der Waals surface area contributed by atoms with Crippen molar-refractivity contribution in [2.75, 3.05) is 13.6 Å². The second-order valence-corrected chi connectivity index (χ2v) is 4.25. The van der Waals surface area contributed by atoms with E-state index < -0.39 is 0 Å². The van der Waals surface area contributed by atoms with Gasteiger partial charge in [-0.3, -0.25) is 4.90 Å². The first kappa shape index (κ1) is 12.8. The zero-order valence-corrected chi connectivity index (χ0v) is 10.3. The lowest BCUT2D eigenvalue weighted by Crippen LogP contribution is -2.33. The molecule has 16 heavy (non-hydrogen) atoms. The maximum absolute atomic E-state index is 5.37. The molecule has 0 bridgehead atoms. The van der Waals surface area contributed by atoms with Gasteiger partial charge in [0.25, 0.3) is 0 Å². The van der Waals surface area contributed by atoms with Crippen LogP contribution in [0.1, 0.15) is 25.3 Å². The van der Waals surface area contributed by atoms with E-state index in [0.717, 1.165) is 13.0 Å². The molecule has 0 spiro atoms. The molecule has 1 atom stereocenters. The largest absolute Gasteiger partial charge is 0.292 e. The van der Waals surface area contributed by atoms with Gasteiger partial charge in [0.2, 0.25) is 0 Å². The van der Waals surface area contributed by atoms with Gasteiger partial charge in [-0.1, -0.05) is 49.6 Å². The second-order valence-electron chi connectivity index (χ2n) is 4.25. The maximum Gasteiger partial charge on any atom is 0.0598 e. The summed E-state index contributed by atoms with van der Waals surface area (Å²) in [6, 6.07) is 11.2. The summed E-state index contributed by atoms with van der Waals surface area (Å²) < 4.78 is 0. The van der Waals surface area contributed by atoms with Crippen LogP contribution in [0.4, 0.5) is 0 Å². The Balaban J connectivity index is 2.61. The molecule has 1 aromatic carbocycles. The summed E-state index contributed by atoms with van der Waals surface area (Å²) in [5.41, 5.74) is 1.39. The molecule has 1 aromatic rings. The third-order valence-electron chi connectivity index (χ3n) is 2.90. The Kier molecular flexibility index (Phi) is 5.67. The first-order chi connectivity index (χ1) is 7.77. The van der Waals surface area contributed by atoms with Crippen molar-refractivity contribution >= 4 is 0 Å². The highest BCUT2D eigenvalue weighted by Gasteiger charge is 2.13. The summed E-state index contributed by atoms with van der Waals surface area (Å²) in [6.07, 6.45) is 8.86. The van der Waals surface area contributed by atoms with Gasteiger partial charge >= 0.3 is 0 Å². The van der Waals surface area contributed by atoms with Crippen LogP contribution in [-0.2, 0) is 6.42 Å². The molecule has 1 rings (SSSR count). The Morgan fingerprint density at radius 3 is 2.56 bits per heavy atom. The Bertz CT molecular complexity index is 323. The molecule has 0 N–H and O–H groups in total. The summed E-state index contributed by atoms with van der Waals surface area (Å²) in [5, 5.41) is 0. The van der Waals surface area contributed by atoms with Crippen LogP contribution >= 0.6 is 0 Å². The Labute approximate surface area is 99.5 Å². The quantitative estimate of drug-likeness (QED) is 0.659. The molecule has 1 unspecified atom stereocenters. The van der Waals surface area contributed by atoms with Gasteiger partial charge < -0.3 is 0 Å². The second kappa shape index (κ2) is 7.09. The smallest absolute Gasteiger partial charge is 0.0598 e. The number of nitrogens with zero attached hydrogens (tertiary/aromatic N) is 1. The van der Waals surface area contributed by atoms with Crippen LogP contribution < -0.4 is 0 Å². The number of hydrogen-bond acceptors (Lipinski definition) is 1. The van der Waals surface area contributed by atoms with E-state index >= 15 is 0 Å². The SMILES string of the molecule is C#CCN(C)C(CCC)Cc1ccccc1. The monoisotopic (exact) mass is 215 g/mol. The minimum absolute atomic E-state index is 0.559. The summed E-state index contributed by atoms with van der Waals surface area (Å²) in [6.45, 7) is 2.96. The molecule has 0 amide bonds. The van der Waals surface area contributed by atoms with Crippen LogP contribution in [0.15, 0.2) is 30.3 Å². The van der Waals surface area contributed by atoms with E-state index in [1.807, 2.05) is 0 Å². The fourth-order valence-electron chi connectivity index (χ4n) is 1.97. The Hall–Kier alpha value is -1.26. The van der Waals surface area contributed by atoms with Gasteiger partial charge in [-0.05, 0) is 25.5 Å². The molecular weight excluding hydrogens is 194 g/mol. The first-order valence-corrected chi connectivity index (χ1v) is 5.95. The minimum Gasteiger partial charge on any atom is -0.292 e. The Morgan fingerprint density at radius 1 is 1.31 bits per heavy atom. The minimum atomic E-state index is 0.559. The van der Waals surface area contributed by atoms with E-state index in [1.165, 1.54) is 18.4 Å². The molecule has 0 saturated heterocycles. The lowest BCUT2D eigenvalue weighted by atomic mass is 10.0. The number of terminal acetylenes is 1. The average Bonchev–Trinajstić information content (AvgIpc) is 2.30. The summed E-state index contributed by atoms with van der Waals surface area (Å²) >= 11 is 0. The Morgan fingerprint density at radius 2 is 2.00 bits per heavy atom. The highest BCUT2D eigenvalue weighted by Crippen LogP contribution is 2.12. The van der Waals surface area contributed by atoms with Gasteiger partial charge in [-0.2, -0.15) is 0 Å². The summed E-state index contributed by atoms with van der Waals surface area (Å²) in [7, 11) is 2.11. The van der Waals surface area contributed by atoms with Crippen LogP contribution in [-0.4, -0.2) is 24.5 Å². The van der Waals surface area contributed by atoms with Gasteiger partial charge in [0.05, 0.1) is 6.54 Å². The third-order valence-corrected chi connectivity index (χ3v) is 2.90. The fraction of sp³-hybridized carbons (Fsp3) is 0.467. The highest BCUT2D eigenvalue weighted by atomic mass is 15.1. The van der Waals surface area contributed by atoms with Gasteiger partial charge in [-0.15, -0.1) is 6.42 Å². The lowest BCUT2D eigenvalue weighted by molar-refractivity contribution is 0.253. The molecule has 0 aromatic heterocycles. The molecule has 1 heteroatoms. The fourth-order valence-corrected chi connectivity index (χ4v) is 1.97. The predicted molar refractivity (Wildman–Crippen MR) is 70.3 cm³/mol. The predicted octanol–water partition coefficient (Wildman–Crippen LogP) is 2.96. The molecular formula is C15H21N. The maximum atomic E-state index is 5.37. The summed E-state index contributed by atoms with van der Waals surface area (Å²) in [4.78, 5) is 2.27. The van der Waals surface area contributed by atoms with Crippen molar-refractivity contribution in [3.63, 3.8) is 0 Å². The van der Waals surface area contributed by atoms with Crippen LogP contribution in [0.3, 0.4) is 0 Å². The normalized spacial score (nSPS) is 12.4. The first-order valence-electron chi connectivity index (χ1n) is 5.95. The van der Waals surface area contributed by atoms with Crippen LogP contribution in [0.2, 0.25) is 0 Å². The molecule has 86 valence electrons. The topological polar surface area (TPSA) is 3.24 Å². The number of likely N-dealkylation sites (N-methyl/N-ethyl adjacent to an activating group) is 1. The van der Waals surface area contributed by atoms with E-state index in [9.17, 15) is 0 Å². The van der Waals surface area contributed by atoms with Crippen LogP contribution in [0.25, 0.3) is 0 Å². The number of rotatable bonds is 6. The lowest BCUT2D eigenvalue weighted by Gasteiger charge is -2.26. The van der Waals surface area contributed by atoms with Gasteiger partial charge in [0.15, 0.2) is 0 Å². The number of hydrogen-bond donors (Lipinski definition) is 0. The van der Waals surface area contributed by atoms with Crippen molar-refractivity contribution in [2.24, 2.45) is 0 Å². The van der Waals surface area contributed by atoms with Crippen molar-refractivity contribution in [2.45, 2.75) is 32.2 Å². The molecule has 1 nitrogen and oxygen atoms in total. The van der Waals surface area contributed by atoms with Crippen molar-refractivity contribution in [1.82, 2.24) is 4.90 Å². The van der Waals surface area contributed by atoms with E-state index in [4.69, 9.17) is 6.42 Å². The standard InChI is InChI=1S/C15H21N/c1-4-9-15(16(3)12-5-2)13-14-10-7-6-8-11-14/h2,6-8,10-11,15H,4,9,12-13H2,1,3H3. The highest BCUT2D eigenvalue weighted by molar-refractivity contribution is 5.16. The average molecular weight is 215 g/mol. The third kappa shape index (κ3) is 4.08. The molecule has 0 aliphatic rings. The van der Waals surface area contributed by atoms with Crippen LogP contribution in [0.5, 0.6) is 0 Å². The van der Waals surface area contributed by atoms with Gasteiger partial charge in [0.1, 0.15) is 0 Å². The molecule has 0 aliphatic carbocycles. The van der Waals surface area contributed by atoms with E-state index in [2.05, 4.69) is 55.1 Å². The van der Waals surface area contributed by atoms with E-state index in [1.54, 1.807) is 0 Å². The van der Waals surface area contributed by atoms with Crippen molar-refractivity contribution < 1.29 is 0 Å². The van der Waals surface area contributed by atoms with E-state index in [0.29, 0.717) is 6.04 Å². The van der Waals surface area contributed by atoms with Gasteiger partial charge in [-0.25, -0.2) is 0 Å². The molecule has 0 heterocycles. The van der Waals surface area contributed by atoms with Gasteiger partial charge in [0, 0.05) is 6.04 Å².